The number of unbranched alkanes of at least 4 members (excludes halogenated alkanes) is 1. The van der Waals surface area contributed by atoms with Gasteiger partial charge in [-0.2, -0.15) is 0 Å². The highest BCUT2D eigenvalue weighted by Crippen LogP contribution is 2.60. The first-order valence-corrected chi connectivity index (χ1v) is 20.4. The van der Waals surface area contributed by atoms with E-state index in [0.717, 1.165) is 40.2 Å². The molecule has 1 saturated heterocycles. The summed E-state index contributed by atoms with van der Waals surface area (Å²) in [6.45, 7) is 8.49. The first-order valence-electron chi connectivity index (χ1n) is 17.5. The zero-order chi connectivity index (χ0) is 34.9. The van der Waals surface area contributed by atoms with Crippen molar-refractivity contribution in [1.29, 1.82) is 0 Å². The Morgan fingerprint density at radius 1 is 1.02 bits per heavy atom. The monoisotopic (exact) mass is 689 g/mol. The third-order valence-electron chi connectivity index (χ3n) is 10.3. The minimum absolute atomic E-state index is 0.0773. The van der Waals surface area contributed by atoms with E-state index in [9.17, 15) is 19.8 Å². The molecule has 3 N–H and O–H groups in total. The minimum Gasteiger partial charge on any atom is -0.494 e. The average Bonchev–Trinajstić information content (AvgIpc) is 3.50. The number of nitrogens with one attached hydrogen (secondary N) is 1. The van der Waals surface area contributed by atoms with E-state index in [2.05, 4.69) is 5.32 Å². The Hall–Kier alpha value is -3.61. The Balaban J connectivity index is 1.33. The molecule has 49 heavy (non-hydrogen) atoms. The van der Waals surface area contributed by atoms with Crippen LogP contribution < -0.4 is 19.9 Å². The summed E-state index contributed by atoms with van der Waals surface area (Å²) < 4.78 is 28.3. The lowest BCUT2D eigenvalue weighted by Crippen LogP contribution is -2.49. The summed E-state index contributed by atoms with van der Waals surface area (Å²) >= 11 is 0. The number of hydrogen-bond donors (Lipinski definition) is 3. The molecule has 1 fully saturated rings. The summed E-state index contributed by atoms with van der Waals surface area (Å²) in [5, 5.41) is 22.5. The fourth-order valence-electron chi connectivity index (χ4n) is 8.25. The number of anilines is 3. The van der Waals surface area contributed by atoms with Crippen molar-refractivity contribution in [3.63, 3.8) is 0 Å². The van der Waals surface area contributed by atoms with Crippen LogP contribution >= 0.6 is 0 Å². The van der Waals surface area contributed by atoms with Crippen molar-refractivity contribution in [2.45, 2.75) is 82.5 Å². The summed E-state index contributed by atoms with van der Waals surface area (Å²) in [5.74, 6) is 0.0115. The van der Waals surface area contributed by atoms with Crippen LogP contribution in [0.1, 0.15) is 49.8 Å². The van der Waals surface area contributed by atoms with Crippen LogP contribution in [0.3, 0.4) is 0 Å². The SMILES string of the molecule is CCOc1ccc2c(c1)CC(NCCCCO)C(=O)N2c1cccc(CN2C(=O)[C@]3(O[C@H](CCO)[C@@H]([Si](C)(C)F)[C@@H]3C)c3ccccc32)c1. The lowest BCUT2D eigenvalue weighted by molar-refractivity contribution is -0.146. The van der Waals surface area contributed by atoms with Crippen LogP contribution in [0, 0.1) is 5.92 Å². The fourth-order valence-corrected chi connectivity index (χ4v) is 10.8. The molecule has 3 heterocycles. The number of aliphatic hydroxyl groups excluding tert-OH is 2. The van der Waals surface area contributed by atoms with E-state index in [1.54, 1.807) is 22.9 Å². The molecule has 1 spiro atoms. The standard InChI is InChI=1S/C38H48FN3O6Si/c1-5-47-29-15-16-32-27(22-29)23-31(40-18-8-9-19-43)36(45)42(32)28-12-10-11-26(21-28)24-41-33-14-7-6-13-30(33)38(37(41)46)25(2)35(49(3,4)39)34(48-38)17-20-44/h6-7,10-16,21-22,25,31,34-35,40,43-44H,5,8-9,17-20,23-24H2,1-4H3/t25-,31?,34+,35-,38+/m0/s1. The van der Waals surface area contributed by atoms with Gasteiger partial charge in [-0.1, -0.05) is 37.3 Å². The van der Waals surface area contributed by atoms with Crippen LogP contribution in [-0.4, -0.2) is 68.9 Å². The van der Waals surface area contributed by atoms with E-state index in [1.807, 2.05) is 80.6 Å². The quantitative estimate of drug-likeness (QED) is 0.119. The summed E-state index contributed by atoms with van der Waals surface area (Å²) in [6.07, 6.45) is 1.63. The Morgan fingerprint density at radius 3 is 2.55 bits per heavy atom. The van der Waals surface area contributed by atoms with Crippen LogP contribution in [-0.2, 0) is 32.9 Å². The van der Waals surface area contributed by atoms with Crippen molar-refractivity contribution in [3.05, 3.63) is 83.4 Å². The van der Waals surface area contributed by atoms with Gasteiger partial charge in [-0.25, -0.2) is 0 Å². The van der Waals surface area contributed by atoms with E-state index in [0.29, 0.717) is 31.7 Å². The predicted octanol–water partition coefficient (Wildman–Crippen LogP) is 5.74. The van der Waals surface area contributed by atoms with Gasteiger partial charge in [-0.3, -0.25) is 14.5 Å². The second-order valence-electron chi connectivity index (χ2n) is 13.9. The summed E-state index contributed by atoms with van der Waals surface area (Å²) in [4.78, 5) is 32.2. The normalized spacial score (nSPS) is 24.9. The molecule has 3 aliphatic rings. The number of halogens is 1. The van der Waals surface area contributed by atoms with E-state index >= 15 is 4.11 Å². The molecule has 0 radical (unpaired) electrons. The molecule has 0 bridgehead atoms. The molecular formula is C38H48FN3O6Si. The van der Waals surface area contributed by atoms with E-state index in [-0.39, 0.29) is 38.0 Å². The first-order chi connectivity index (χ1) is 23.5. The molecule has 2 amide bonds. The lowest BCUT2D eigenvalue weighted by Gasteiger charge is -2.35. The summed E-state index contributed by atoms with van der Waals surface area (Å²) in [6, 6.07) is 20.6. The molecule has 9 nitrogen and oxygen atoms in total. The topological polar surface area (TPSA) is 112 Å². The molecule has 1 unspecified atom stereocenters. The van der Waals surface area contributed by atoms with Crippen LogP contribution in [0.15, 0.2) is 66.7 Å². The lowest BCUT2D eigenvalue weighted by atomic mass is 9.82. The third-order valence-corrected chi connectivity index (χ3v) is 12.8. The number of carbonyl (C=O) groups is 2. The van der Waals surface area contributed by atoms with Gasteiger partial charge < -0.3 is 34.0 Å². The van der Waals surface area contributed by atoms with Gasteiger partial charge in [0.15, 0.2) is 5.60 Å². The highest BCUT2D eigenvalue weighted by Gasteiger charge is 2.66. The van der Waals surface area contributed by atoms with Gasteiger partial charge in [0, 0.05) is 35.9 Å². The molecule has 11 heteroatoms. The largest absolute Gasteiger partial charge is 0.494 e. The average molecular weight is 690 g/mol. The molecule has 3 aromatic rings. The zero-order valence-electron chi connectivity index (χ0n) is 28.8. The van der Waals surface area contributed by atoms with Gasteiger partial charge in [0.1, 0.15) is 5.75 Å². The molecule has 0 aromatic heterocycles. The minimum atomic E-state index is -3.29. The molecular weight excluding hydrogens is 642 g/mol. The molecule has 6 rings (SSSR count). The Labute approximate surface area is 289 Å². The molecule has 3 aromatic carbocycles. The second-order valence-corrected chi connectivity index (χ2v) is 17.7. The van der Waals surface area contributed by atoms with Crippen molar-refractivity contribution in [1.82, 2.24) is 5.32 Å². The number of benzene rings is 3. The van der Waals surface area contributed by atoms with Crippen molar-refractivity contribution in [2.75, 3.05) is 36.2 Å². The zero-order valence-corrected chi connectivity index (χ0v) is 29.8. The van der Waals surface area contributed by atoms with Crippen LogP contribution in [0.4, 0.5) is 21.2 Å². The van der Waals surface area contributed by atoms with E-state index < -0.39 is 37.6 Å². The van der Waals surface area contributed by atoms with Crippen molar-refractivity contribution >= 4 is 37.3 Å². The molecule has 0 aliphatic carbocycles. The number of aliphatic hydroxyl groups is 2. The van der Waals surface area contributed by atoms with Gasteiger partial charge in [-0.05, 0) is 99.8 Å². The number of rotatable bonds is 13. The van der Waals surface area contributed by atoms with E-state index in [1.165, 1.54) is 0 Å². The molecule has 262 valence electrons. The third kappa shape index (κ3) is 6.43. The molecule has 3 aliphatic heterocycles. The van der Waals surface area contributed by atoms with E-state index in [4.69, 9.17) is 9.47 Å². The maximum atomic E-state index is 15.8. The first kappa shape index (κ1) is 35.2. The highest BCUT2D eigenvalue weighted by atomic mass is 28.4. The molecule has 5 atom stereocenters. The van der Waals surface area contributed by atoms with Crippen molar-refractivity contribution < 1.29 is 33.4 Å². The number of carbonyl (C=O) groups excluding carboxylic acids is 2. The Morgan fingerprint density at radius 2 is 1.82 bits per heavy atom. The van der Waals surface area contributed by atoms with Crippen LogP contribution in [0.5, 0.6) is 5.75 Å². The van der Waals surface area contributed by atoms with Gasteiger partial charge in [0.25, 0.3) is 5.91 Å². The van der Waals surface area contributed by atoms with Gasteiger partial charge in [0.2, 0.25) is 14.3 Å². The van der Waals surface area contributed by atoms with Gasteiger partial charge in [0.05, 0.1) is 36.7 Å². The predicted molar refractivity (Wildman–Crippen MR) is 190 cm³/mol. The highest BCUT2D eigenvalue weighted by molar-refractivity contribution is 6.72. The summed E-state index contributed by atoms with van der Waals surface area (Å²) in [5.41, 5.74) is 2.93. The Kier molecular flexibility index (Phi) is 10.3. The number of nitrogens with zero attached hydrogens (tertiary/aromatic N) is 2. The maximum Gasteiger partial charge on any atom is 0.264 e. The number of hydrogen-bond acceptors (Lipinski definition) is 7. The second kappa shape index (κ2) is 14.3. The van der Waals surface area contributed by atoms with Crippen LogP contribution in [0.2, 0.25) is 18.6 Å². The fraction of sp³-hybridized carbons (Fsp3) is 0.474. The van der Waals surface area contributed by atoms with Crippen molar-refractivity contribution in [3.8, 4) is 5.75 Å². The molecule has 0 saturated carbocycles. The maximum absolute atomic E-state index is 15.8. The van der Waals surface area contributed by atoms with Crippen molar-refractivity contribution in [2.24, 2.45) is 5.92 Å². The summed E-state index contributed by atoms with van der Waals surface area (Å²) in [7, 11) is -3.29. The number of ether oxygens (including phenoxy) is 2. The number of fused-ring (bicyclic) bond motifs is 3. The number of para-hydroxylation sites is 1. The van der Waals surface area contributed by atoms with Gasteiger partial charge >= 0.3 is 0 Å². The smallest absolute Gasteiger partial charge is 0.264 e. The van der Waals surface area contributed by atoms with Crippen LogP contribution in [0.25, 0.3) is 0 Å². The Bertz CT molecular complexity index is 1680. The van der Waals surface area contributed by atoms with Gasteiger partial charge in [-0.15, -0.1) is 0 Å². The number of amides is 2.